The van der Waals surface area contributed by atoms with Gasteiger partial charge in [-0.2, -0.15) is 10.2 Å². The zero-order valence-electron chi connectivity index (χ0n) is 18.4. The van der Waals surface area contributed by atoms with Crippen LogP contribution in [0.25, 0.3) is 0 Å². The molecule has 0 amide bonds. The van der Waals surface area contributed by atoms with Crippen molar-refractivity contribution in [2.24, 2.45) is 0 Å². The second kappa shape index (κ2) is 9.27. The Balaban J connectivity index is 1.48. The summed E-state index contributed by atoms with van der Waals surface area (Å²) in [6.45, 7) is 5.61. The van der Waals surface area contributed by atoms with Crippen molar-refractivity contribution in [3.8, 4) is 11.8 Å². The SMILES string of the molecule is CC1(C)CC(Nc2nc(Nc3ccc(OCCO)c(C#N)c3)ncc2F)C[C@@H]2CCCN21. The number of ether oxygens (including phenoxy) is 1. The summed E-state index contributed by atoms with van der Waals surface area (Å²) >= 11 is 0. The van der Waals surface area contributed by atoms with Crippen LogP contribution >= 0.6 is 0 Å². The van der Waals surface area contributed by atoms with E-state index in [4.69, 9.17) is 9.84 Å². The lowest BCUT2D eigenvalue weighted by molar-refractivity contribution is 0.0500. The normalized spacial score (nSPS) is 22.1. The van der Waals surface area contributed by atoms with Crippen molar-refractivity contribution in [3.05, 3.63) is 35.8 Å². The third-order valence-corrected chi connectivity index (χ3v) is 6.25. The van der Waals surface area contributed by atoms with Crippen molar-refractivity contribution in [3.63, 3.8) is 0 Å². The second-order valence-electron chi connectivity index (χ2n) is 8.99. The van der Waals surface area contributed by atoms with E-state index in [2.05, 4.69) is 45.4 Å². The molecule has 170 valence electrons. The van der Waals surface area contributed by atoms with Gasteiger partial charge in [0.15, 0.2) is 11.6 Å². The van der Waals surface area contributed by atoms with Gasteiger partial charge in [0.25, 0.3) is 0 Å². The number of nitrogens with one attached hydrogen (secondary N) is 2. The van der Waals surface area contributed by atoms with E-state index in [1.807, 2.05) is 0 Å². The van der Waals surface area contributed by atoms with E-state index < -0.39 is 5.82 Å². The van der Waals surface area contributed by atoms with Gasteiger partial charge in [-0.15, -0.1) is 0 Å². The standard InChI is InChI=1S/C23H29FN6O2/c1-23(2)12-17(11-18-4-3-7-30(18)23)27-21-19(24)14-26-22(29-21)28-16-5-6-20(32-9-8-31)15(10-16)13-25/h5-6,10,14,17-18,31H,3-4,7-9,11-12H2,1-2H3,(H2,26,27,28,29)/t17?,18-/m0/s1. The van der Waals surface area contributed by atoms with Gasteiger partial charge in [0.1, 0.15) is 18.4 Å². The fourth-order valence-corrected chi connectivity index (χ4v) is 4.95. The summed E-state index contributed by atoms with van der Waals surface area (Å²) in [5.74, 6) is 0.306. The summed E-state index contributed by atoms with van der Waals surface area (Å²) in [6, 6.07) is 7.68. The van der Waals surface area contributed by atoms with Crippen LogP contribution in [0, 0.1) is 17.1 Å². The molecule has 8 nitrogen and oxygen atoms in total. The molecule has 1 unspecified atom stereocenters. The van der Waals surface area contributed by atoms with Gasteiger partial charge in [-0.05, 0) is 64.3 Å². The fourth-order valence-electron chi connectivity index (χ4n) is 4.95. The minimum absolute atomic E-state index is 0.0647. The van der Waals surface area contributed by atoms with E-state index in [-0.39, 0.29) is 36.6 Å². The number of rotatable bonds is 7. The smallest absolute Gasteiger partial charge is 0.229 e. The van der Waals surface area contributed by atoms with Gasteiger partial charge in [-0.25, -0.2) is 9.37 Å². The first kappa shape index (κ1) is 22.2. The van der Waals surface area contributed by atoms with E-state index in [1.54, 1.807) is 18.2 Å². The summed E-state index contributed by atoms with van der Waals surface area (Å²) < 4.78 is 19.9. The summed E-state index contributed by atoms with van der Waals surface area (Å²) in [5.41, 5.74) is 0.959. The van der Waals surface area contributed by atoms with Crippen LogP contribution in [-0.4, -0.2) is 57.4 Å². The van der Waals surface area contributed by atoms with Gasteiger partial charge in [0.05, 0.1) is 18.4 Å². The minimum Gasteiger partial charge on any atom is -0.490 e. The molecule has 2 fully saturated rings. The lowest BCUT2D eigenvalue weighted by Crippen LogP contribution is -2.55. The molecule has 0 aliphatic carbocycles. The zero-order valence-corrected chi connectivity index (χ0v) is 18.4. The highest BCUT2D eigenvalue weighted by atomic mass is 19.1. The first-order valence-corrected chi connectivity index (χ1v) is 11.0. The molecule has 0 bridgehead atoms. The van der Waals surface area contributed by atoms with Crippen molar-refractivity contribution in [1.82, 2.24) is 14.9 Å². The lowest BCUT2D eigenvalue weighted by atomic mass is 9.84. The van der Waals surface area contributed by atoms with Crippen LogP contribution in [0.15, 0.2) is 24.4 Å². The Kier molecular flexibility index (Phi) is 6.44. The molecule has 1 aromatic carbocycles. The number of nitrogens with zero attached hydrogens (tertiary/aromatic N) is 4. The van der Waals surface area contributed by atoms with E-state index in [0.29, 0.717) is 23.0 Å². The Bertz CT molecular complexity index is 1010. The maximum absolute atomic E-state index is 14.5. The highest BCUT2D eigenvalue weighted by molar-refractivity contribution is 5.61. The molecule has 32 heavy (non-hydrogen) atoms. The number of anilines is 3. The van der Waals surface area contributed by atoms with Gasteiger partial charge in [0, 0.05) is 23.3 Å². The van der Waals surface area contributed by atoms with Crippen molar-refractivity contribution >= 4 is 17.5 Å². The molecule has 2 atom stereocenters. The molecule has 4 rings (SSSR count). The van der Waals surface area contributed by atoms with Crippen molar-refractivity contribution in [2.45, 2.75) is 57.2 Å². The number of aliphatic hydroxyl groups is 1. The molecular weight excluding hydrogens is 411 g/mol. The van der Waals surface area contributed by atoms with Gasteiger partial charge in [0.2, 0.25) is 5.95 Å². The molecular formula is C23H29FN6O2. The van der Waals surface area contributed by atoms with Gasteiger partial charge >= 0.3 is 0 Å². The molecule has 2 aliphatic heterocycles. The molecule has 0 saturated carbocycles. The van der Waals surface area contributed by atoms with E-state index in [1.165, 1.54) is 12.8 Å². The van der Waals surface area contributed by atoms with E-state index in [0.717, 1.165) is 25.6 Å². The molecule has 3 heterocycles. The Morgan fingerprint density at radius 1 is 1.41 bits per heavy atom. The zero-order chi connectivity index (χ0) is 22.7. The van der Waals surface area contributed by atoms with Gasteiger partial charge in [-0.3, -0.25) is 4.90 Å². The first-order valence-electron chi connectivity index (χ1n) is 11.0. The van der Waals surface area contributed by atoms with Crippen molar-refractivity contribution in [2.75, 3.05) is 30.4 Å². The Morgan fingerprint density at radius 2 is 2.25 bits per heavy atom. The number of fused-ring (bicyclic) bond motifs is 1. The molecule has 2 aromatic rings. The summed E-state index contributed by atoms with van der Waals surface area (Å²) in [7, 11) is 0. The second-order valence-corrected chi connectivity index (χ2v) is 8.99. The maximum atomic E-state index is 14.5. The van der Waals surface area contributed by atoms with Crippen LogP contribution in [0.2, 0.25) is 0 Å². The third kappa shape index (κ3) is 4.76. The number of nitriles is 1. The number of aromatic nitrogens is 2. The number of hydrogen-bond donors (Lipinski definition) is 3. The Hall–Kier alpha value is -2.96. The third-order valence-electron chi connectivity index (χ3n) is 6.25. The van der Waals surface area contributed by atoms with Crippen LogP contribution in [0.5, 0.6) is 5.75 Å². The summed E-state index contributed by atoms with van der Waals surface area (Å²) in [5, 5.41) is 24.6. The molecule has 2 aliphatic rings. The molecule has 2 saturated heterocycles. The van der Waals surface area contributed by atoms with Crippen LogP contribution in [0.1, 0.15) is 45.1 Å². The number of hydrogen-bond acceptors (Lipinski definition) is 8. The quantitative estimate of drug-likeness (QED) is 0.601. The molecule has 3 N–H and O–H groups in total. The molecule has 1 aromatic heterocycles. The average Bonchev–Trinajstić information content (AvgIpc) is 3.24. The molecule has 0 radical (unpaired) electrons. The number of piperidine rings is 1. The van der Waals surface area contributed by atoms with Crippen molar-refractivity contribution in [1.29, 1.82) is 5.26 Å². The maximum Gasteiger partial charge on any atom is 0.229 e. The summed E-state index contributed by atoms with van der Waals surface area (Å²) in [6.07, 6.45) is 5.43. The monoisotopic (exact) mass is 440 g/mol. The number of aliphatic hydroxyl groups excluding tert-OH is 1. The molecule has 0 spiro atoms. The predicted octanol–water partition coefficient (Wildman–Crippen LogP) is 3.42. The minimum atomic E-state index is -0.493. The van der Waals surface area contributed by atoms with Crippen LogP contribution in [0.4, 0.5) is 21.8 Å². The first-order chi connectivity index (χ1) is 15.4. The number of halogens is 1. The number of benzene rings is 1. The van der Waals surface area contributed by atoms with Gasteiger partial charge < -0.3 is 20.5 Å². The highest BCUT2D eigenvalue weighted by Crippen LogP contribution is 2.38. The fraction of sp³-hybridized carbons (Fsp3) is 0.522. The van der Waals surface area contributed by atoms with E-state index >= 15 is 0 Å². The predicted molar refractivity (Wildman–Crippen MR) is 119 cm³/mol. The summed E-state index contributed by atoms with van der Waals surface area (Å²) in [4.78, 5) is 11.0. The lowest BCUT2D eigenvalue weighted by Gasteiger charge is -2.47. The van der Waals surface area contributed by atoms with Crippen LogP contribution in [0.3, 0.4) is 0 Å². The Labute approximate surface area is 187 Å². The highest BCUT2D eigenvalue weighted by Gasteiger charge is 2.43. The van der Waals surface area contributed by atoms with Gasteiger partial charge in [-0.1, -0.05) is 0 Å². The molecule has 9 heteroatoms. The van der Waals surface area contributed by atoms with Crippen molar-refractivity contribution < 1.29 is 14.2 Å². The average molecular weight is 441 g/mol. The van der Waals surface area contributed by atoms with E-state index in [9.17, 15) is 9.65 Å². The van der Waals surface area contributed by atoms with Crippen LogP contribution < -0.4 is 15.4 Å². The Morgan fingerprint density at radius 3 is 3.03 bits per heavy atom. The van der Waals surface area contributed by atoms with Crippen LogP contribution in [-0.2, 0) is 0 Å². The largest absolute Gasteiger partial charge is 0.490 e. The topological polar surface area (TPSA) is 106 Å².